The highest BCUT2D eigenvalue weighted by Gasteiger charge is 2.50. The van der Waals surface area contributed by atoms with Crippen LogP contribution in [0.2, 0.25) is 0 Å². The minimum Gasteiger partial charge on any atom is -0.461 e. The molecule has 31 heavy (non-hydrogen) atoms. The lowest BCUT2D eigenvalue weighted by Gasteiger charge is -2.32. The quantitative estimate of drug-likeness (QED) is 0.271. The number of piperidine rings is 1. The standard InChI is InChI=1S/C16H22F3N7O3S.HI/c1-20-15(21-7-4-13-23-14(25-24-13)12-3-2-10-29-12)22-11-5-8-26(9-6-11)30(27,28)16(17,18)19;/h2-3,10-11H,4-9H2,1H3,(H2,20,21,22)(H,23,24,25);1H. The van der Waals surface area contributed by atoms with Crippen LogP contribution in [0.4, 0.5) is 13.2 Å². The fourth-order valence-electron chi connectivity index (χ4n) is 3.00. The summed E-state index contributed by atoms with van der Waals surface area (Å²) >= 11 is 0. The number of halogens is 4. The van der Waals surface area contributed by atoms with Crippen molar-refractivity contribution in [1.82, 2.24) is 30.1 Å². The number of hydrogen-bond donors (Lipinski definition) is 3. The van der Waals surface area contributed by atoms with Crippen molar-refractivity contribution in [1.29, 1.82) is 0 Å². The fraction of sp³-hybridized carbons (Fsp3) is 0.562. The highest BCUT2D eigenvalue weighted by Crippen LogP contribution is 2.28. The molecule has 174 valence electrons. The summed E-state index contributed by atoms with van der Waals surface area (Å²) in [5.74, 6) is 2.13. The van der Waals surface area contributed by atoms with E-state index in [4.69, 9.17) is 4.42 Å². The molecule has 3 N–H and O–H groups in total. The van der Waals surface area contributed by atoms with Crippen LogP contribution in [-0.4, -0.2) is 72.1 Å². The normalized spacial score (nSPS) is 16.7. The molecular weight excluding hydrogens is 554 g/mol. The first kappa shape index (κ1) is 25.4. The van der Waals surface area contributed by atoms with Gasteiger partial charge in [0, 0.05) is 39.1 Å². The highest BCUT2D eigenvalue weighted by atomic mass is 127. The van der Waals surface area contributed by atoms with E-state index in [-0.39, 0.29) is 55.9 Å². The minimum atomic E-state index is -5.28. The number of aromatic nitrogens is 3. The maximum atomic E-state index is 12.6. The number of hydrogen-bond acceptors (Lipinski definition) is 6. The lowest BCUT2D eigenvalue weighted by molar-refractivity contribution is -0.0494. The molecule has 0 bridgehead atoms. The molecule has 0 unspecified atom stereocenters. The monoisotopic (exact) mass is 577 g/mol. The summed E-state index contributed by atoms with van der Waals surface area (Å²) in [6, 6.07) is 3.31. The first-order chi connectivity index (χ1) is 14.2. The lowest BCUT2D eigenvalue weighted by atomic mass is 10.1. The van der Waals surface area contributed by atoms with E-state index in [0.717, 1.165) is 0 Å². The van der Waals surface area contributed by atoms with Gasteiger partial charge in [0.05, 0.1) is 6.26 Å². The molecule has 3 heterocycles. The molecule has 15 heteroatoms. The fourth-order valence-corrected chi connectivity index (χ4v) is 3.98. The van der Waals surface area contributed by atoms with E-state index < -0.39 is 15.5 Å². The van der Waals surface area contributed by atoms with Crippen molar-refractivity contribution in [3.63, 3.8) is 0 Å². The highest BCUT2D eigenvalue weighted by molar-refractivity contribution is 14.0. The number of rotatable bonds is 6. The lowest BCUT2D eigenvalue weighted by Crippen LogP contribution is -2.51. The zero-order valence-corrected chi connectivity index (χ0v) is 19.7. The molecule has 0 radical (unpaired) electrons. The predicted molar refractivity (Wildman–Crippen MR) is 117 cm³/mol. The Morgan fingerprint density at radius 3 is 2.68 bits per heavy atom. The molecule has 0 aliphatic carbocycles. The van der Waals surface area contributed by atoms with Gasteiger partial charge in [-0.2, -0.15) is 22.6 Å². The Balaban J connectivity index is 0.00000341. The Labute approximate surface area is 194 Å². The molecule has 3 rings (SSSR count). The zero-order valence-electron chi connectivity index (χ0n) is 16.5. The van der Waals surface area contributed by atoms with Gasteiger partial charge in [-0.3, -0.25) is 10.1 Å². The maximum absolute atomic E-state index is 12.6. The first-order valence-corrected chi connectivity index (χ1v) is 10.6. The van der Waals surface area contributed by atoms with E-state index in [0.29, 0.717) is 40.6 Å². The molecule has 0 aromatic carbocycles. The Morgan fingerprint density at radius 2 is 2.10 bits per heavy atom. The third-order valence-corrected chi connectivity index (χ3v) is 6.21. The van der Waals surface area contributed by atoms with Crippen molar-refractivity contribution in [2.45, 2.75) is 30.8 Å². The van der Waals surface area contributed by atoms with Gasteiger partial charge in [-0.15, -0.1) is 24.0 Å². The van der Waals surface area contributed by atoms with Crippen LogP contribution >= 0.6 is 24.0 Å². The number of alkyl halides is 3. The Morgan fingerprint density at radius 1 is 1.39 bits per heavy atom. The van der Waals surface area contributed by atoms with E-state index >= 15 is 0 Å². The molecule has 10 nitrogen and oxygen atoms in total. The van der Waals surface area contributed by atoms with Crippen LogP contribution in [0.1, 0.15) is 18.7 Å². The van der Waals surface area contributed by atoms with Crippen molar-refractivity contribution >= 4 is 40.0 Å². The number of H-pyrrole nitrogens is 1. The Bertz CT molecular complexity index is 956. The molecule has 1 fully saturated rings. The van der Waals surface area contributed by atoms with Gasteiger partial charge in [0.15, 0.2) is 11.7 Å². The molecule has 0 atom stereocenters. The second kappa shape index (κ2) is 10.6. The molecule has 1 aliphatic rings. The summed E-state index contributed by atoms with van der Waals surface area (Å²) in [6.07, 6.45) is 2.54. The van der Waals surface area contributed by atoms with E-state index in [1.807, 2.05) is 0 Å². The van der Waals surface area contributed by atoms with Gasteiger partial charge in [0.2, 0.25) is 5.82 Å². The smallest absolute Gasteiger partial charge is 0.461 e. The van der Waals surface area contributed by atoms with Crippen molar-refractivity contribution in [2.75, 3.05) is 26.7 Å². The third kappa shape index (κ3) is 6.31. The van der Waals surface area contributed by atoms with Crippen LogP contribution in [0.15, 0.2) is 27.8 Å². The molecule has 1 saturated heterocycles. The van der Waals surface area contributed by atoms with E-state index in [1.54, 1.807) is 19.2 Å². The van der Waals surface area contributed by atoms with Gasteiger partial charge in [-0.25, -0.2) is 13.4 Å². The molecule has 0 spiro atoms. The van der Waals surface area contributed by atoms with Gasteiger partial charge >= 0.3 is 15.5 Å². The average Bonchev–Trinajstić information content (AvgIpc) is 3.38. The van der Waals surface area contributed by atoms with Crippen LogP contribution < -0.4 is 10.6 Å². The maximum Gasteiger partial charge on any atom is 0.511 e. The van der Waals surface area contributed by atoms with Crippen molar-refractivity contribution in [2.24, 2.45) is 4.99 Å². The van der Waals surface area contributed by atoms with Crippen molar-refractivity contribution < 1.29 is 26.0 Å². The number of guanidine groups is 1. The number of furan rings is 1. The second-order valence-corrected chi connectivity index (χ2v) is 8.53. The zero-order chi connectivity index (χ0) is 21.8. The number of nitrogens with one attached hydrogen (secondary N) is 3. The van der Waals surface area contributed by atoms with Gasteiger partial charge in [0.25, 0.3) is 0 Å². The second-order valence-electron chi connectivity index (χ2n) is 6.60. The molecule has 0 saturated carbocycles. The van der Waals surface area contributed by atoms with Gasteiger partial charge in [-0.05, 0) is 25.0 Å². The van der Waals surface area contributed by atoms with Crippen LogP contribution in [0.5, 0.6) is 0 Å². The van der Waals surface area contributed by atoms with Crippen LogP contribution in [0.3, 0.4) is 0 Å². The van der Waals surface area contributed by atoms with Crippen molar-refractivity contribution in [3.8, 4) is 11.6 Å². The number of sulfonamides is 1. The number of aliphatic imine (C=N–C) groups is 1. The molecule has 1 aliphatic heterocycles. The summed E-state index contributed by atoms with van der Waals surface area (Å²) in [5, 5.41) is 13.1. The van der Waals surface area contributed by atoms with Crippen molar-refractivity contribution in [3.05, 3.63) is 24.2 Å². The summed E-state index contributed by atoms with van der Waals surface area (Å²) in [5.41, 5.74) is -5.28. The largest absolute Gasteiger partial charge is 0.511 e. The molecule has 2 aromatic heterocycles. The average molecular weight is 577 g/mol. The van der Waals surface area contributed by atoms with E-state index in [9.17, 15) is 21.6 Å². The first-order valence-electron chi connectivity index (χ1n) is 9.19. The minimum absolute atomic E-state index is 0. The Kier molecular flexibility index (Phi) is 8.70. The molecular formula is C16H23F3IN7O3S. The number of nitrogens with zero attached hydrogens (tertiary/aromatic N) is 4. The molecule has 2 aromatic rings. The summed E-state index contributed by atoms with van der Waals surface area (Å²) in [4.78, 5) is 8.41. The van der Waals surface area contributed by atoms with Gasteiger partial charge < -0.3 is 15.1 Å². The Hall–Kier alpha value is -1.88. The van der Waals surface area contributed by atoms with Gasteiger partial charge in [0.1, 0.15) is 5.82 Å². The van der Waals surface area contributed by atoms with E-state index in [1.165, 1.54) is 6.26 Å². The SMILES string of the molecule is CN=C(NCCc1nc(-c2ccco2)n[nH]1)NC1CCN(S(=O)(=O)C(F)(F)F)CC1.I. The predicted octanol–water partition coefficient (Wildman–Crippen LogP) is 1.70. The summed E-state index contributed by atoms with van der Waals surface area (Å²) < 4.78 is 66.6. The van der Waals surface area contributed by atoms with E-state index in [2.05, 4.69) is 30.8 Å². The topological polar surface area (TPSA) is 129 Å². The third-order valence-electron chi connectivity index (χ3n) is 4.58. The van der Waals surface area contributed by atoms with Crippen LogP contribution in [-0.2, 0) is 16.4 Å². The van der Waals surface area contributed by atoms with Crippen LogP contribution in [0, 0.1) is 0 Å². The summed E-state index contributed by atoms with van der Waals surface area (Å²) in [7, 11) is -3.71. The summed E-state index contributed by atoms with van der Waals surface area (Å²) in [6.45, 7) is 0.0714. The van der Waals surface area contributed by atoms with Crippen LogP contribution in [0.25, 0.3) is 11.6 Å². The number of aromatic amines is 1. The molecule has 0 amide bonds. The van der Waals surface area contributed by atoms with Gasteiger partial charge in [-0.1, -0.05) is 0 Å².